The third kappa shape index (κ3) is 1.19. The van der Waals surface area contributed by atoms with Gasteiger partial charge in [0, 0.05) is 12.0 Å². The first kappa shape index (κ1) is 7.31. The lowest BCUT2D eigenvalue weighted by molar-refractivity contribution is -0.234. The van der Waals surface area contributed by atoms with E-state index in [1.807, 2.05) is 18.2 Å². The highest BCUT2D eigenvalue weighted by atomic mass is 17.2. The maximum atomic E-state index is 10.2. The van der Waals surface area contributed by atoms with Crippen LogP contribution in [0.1, 0.15) is 5.56 Å². The van der Waals surface area contributed by atoms with Crippen LogP contribution in [0, 0.1) is 0 Å². The van der Waals surface area contributed by atoms with Crippen LogP contribution >= 0.6 is 0 Å². The highest BCUT2D eigenvalue weighted by Gasteiger charge is 2.20. The molecular formula is C9H7O3. The fourth-order valence-corrected chi connectivity index (χ4v) is 1.16. The van der Waals surface area contributed by atoms with Crippen LogP contribution in [0.3, 0.4) is 0 Å². The molecule has 0 aromatic heterocycles. The van der Waals surface area contributed by atoms with Crippen molar-refractivity contribution < 1.29 is 14.6 Å². The third-order valence-electron chi connectivity index (χ3n) is 1.76. The summed E-state index contributed by atoms with van der Waals surface area (Å²) in [5.41, 5.74) is 0.983. The van der Waals surface area contributed by atoms with Crippen molar-refractivity contribution in [3.8, 4) is 5.75 Å². The quantitative estimate of drug-likeness (QED) is 0.580. The summed E-state index contributed by atoms with van der Waals surface area (Å²) < 4.78 is 0. The van der Waals surface area contributed by atoms with Crippen LogP contribution in [0.15, 0.2) is 24.3 Å². The first-order chi connectivity index (χ1) is 5.90. The van der Waals surface area contributed by atoms with E-state index < -0.39 is 6.10 Å². The predicted octanol–water partition coefficient (Wildman–Crippen LogP) is 1.03. The molecule has 1 atom stereocenters. The fourth-order valence-electron chi connectivity index (χ4n) is 1.16. The Hall–Kier alpha value is -1.35. The molecule has 0 N–H and O–H groups in total. The first-order valence-electron chi connectivity index (χ1n) is 3.69. The molecule has 0 bridgehead atoms. The van der Waals surface area contributed by atoms with Crippen LogP contribution < -0.4 is 4.89 Å². The van der Waals surface area contributed by atoms with Gasteiger partial charge in [0.05, 0.1) is 0 Å². The van der Waals surface area contributed by atoms with Crippen LogP contribution in [0.25, 0.3) is 0 Å². The highest BCUT2D eigenvalue weighted by Crippen LogP contribution is 2.24. The lowest BCUT2D eigenvalue weighted by Gasteiger charge is -2.18. The minimum atomic E-state index is -0.583. The predicted molar refractivity (Wildman–Crippen MR) is 41.3 cm³/mol. The van der Waals surface area contributed by atoms with Crippen LogP contribution in [0.2, 0.25) is 0 Å². The normalized spacial score (nSPS) is 20.8. The molecule has 0 saturated heterocycles. The highest BCUT2D eigenvalue weighted by molar-refractivity contribution is 5.58. The van der Waals surface area contributed by atoms with E-state index in [0.29, 0.717) is 12.2 Å². The topological polar surface area (TPSA) is 35.5 Å². The molecule has 0 aliphatic carbocycles. The Morgan fingerprint density at radius 3 is 3.08 bits per heavy atom. The summed E-state index contributed by atoms with van der Waals surface area (Å²) in [5, 5.41) is 0. The maximum Gasteiger partial charge on any atom is 0.234 e. The summed E-state index contributed by atoms with van der Waals surface area (Å²) in [5.74, 6) is 0.684. The monoisotopic (exact) mass is 163 g/mol. The maximum absolute atomic E-state index is 10.2. The summed E-state index contributed by atoms with van der Waals surface area (Å²) >= 11 is 0. The van der Waals surface area contributed by atoms with Crippen LogP contribution in [-0.4, -0.2) is 12.4 Å². The molecule has 1 aromatic rings. The van der Waals surface area contributed by atoms with Gasteiger partial charge in [0.25, 0.3) is 0 Å². The second-order valence-corrected chi connectivity index (χ2v) is 2.60. The smallest absolute Gasteiger partial charge is 0.234 e. The minimum Gasteiger partial charge on any atom is -0.337 e. The van der Waals surface area contributed by atoms with E-state index in [1.165, 1.54) is 0 Å². The second kappa shape index (κ2) is 2.95. The van der Waals surface area contributed by atoms with Crippen molar-refractivity contribution in [2.24, 2.45) is 0 Å². The SMILES string of the molecule is O=[C]C1Cc2ccccc2OO1. The van der Waals surface area contributed by atoms with Gasteiger partial charge in [0.1, 0.15) is 0 Å². The van der Waals surface area contributed by atoms with E-state index in [2.05, 4.69) is 0 Å². The Bertz CT molecular complexity index is 296. The van der Waals surface area contributed by atoms with Gasteiger partial charge in [-0.05, 0) is 6.07 Å². The number of fused-ring (bicyclic) bond motifs is 1. The average Bonchev–Trinajstić information content (AvgIpc) is 2.17. The van der Waals surface area contributed by atoms with Crippen LogP contribution in [-0.2, 0) is 16.1 Å². The van der Waals surface area contributed by atoms with Crippen molar-refractivity contribution in [3.63, 3.8) is 0 Å². The number of hydrogen-bond acceptors (Lipinski definition) is 3. The summed E-state index contributed by atoms with van der Waals surface area (Å²) in [6.45, 7) is 0. The molecule has 1 heterocycles. The molecular weight excluding hydrogens is 156 g/mol. The third-order valence-corrected chi connectivity index (χ3v) is 1.76. The number of carbonyl (C=O) groups excluding carboxylic acids is 1. The van der Waals surface area contributed by atoms with Gasteiger partial charge in [-0.15, -0.1) is 0 Å². The van der Waals surface area contributed by atoms with Crippen molar-refractivity contribution in [1.29, 1.82) is 0 Å². The zero-order valence-electron chi connectivity index (χ0n) is 6.32. The van der Waals surface area contributed by atoms with E-state index in [1.54, 1.807) is 12.4 Å². The van der Waals surface area contributed by atoms with Crippen LogP contribution in [0.5, 0.6) is 5.75 Å². The molecule has 12 heavy (non-hydrogen) atoms. The Balaban J connectivity index is 2.28. The Morgan fingerprint density at radius 1 is 1.42 bits per heavy atom. The molecule has 1 radical (unpaired) electrons. The van der Waals surface area contributed by atoms with Gasteiger partial charge < -0.3 is 4.89 Å². The van der Waals surface area contributed by atoms with E-state index in [4.69, 9.17) is 9.78 Å². The van der Waals surface area contributed by atoms with Gasteiger partial charge in [-0.3, -0.25) is 4.79 Å². The molecule has 1 unspecified atom stereocenters. The second-order valence-electron chi connectivity index (χ2n) is 2.60. The molecule has 3 nitrogen and oxygen atoms in total. The van der Waals surface area contributed by atoms with E-state index >= 15 is 0 Å². The van der Waals surface area contributed by atoms with Crippen molar-refractivity contribution >= 4 is 6.29 Å². The molecule has 2 rings (SSSR count). The van der Waals surface area contributed by atoms with Crippen molar-refractivity contribution in [2.75, 3.05) is 0 Å². The first-order valence-corrected chi connectivity index (χ1v) is 3.69. The molecule has 1 aromatic carbocycles. The van der Waals surface area contributed by atoms with Crippen LogP contribution in [0.4, 0.5) is 0 Å². The van der Waals surface area contributed by atoms with E-state index in [-0.39, 0.29) is 0 Å². The molecule has 61 valence electrons. The fraction of sp³-hybridized carbons (Fsp3) is 0.222. The van der Waals surface area contributed by atoms with E-state index in [9.17, 15) is 4.79 Å². The van der Waals surface area contributed by atoms with Gasteiger partial charge in [-0.2, -0.15) is 4.89 Å². The Morgan fingerprint density at radius 2 is 2.25 bits per heavy atom. The molecule has 1 aliphatic rings. The minimum absolute atomic E-state index is 0.541. The van der Waals surface area contributed by atoms with Gasteiger partial charge >= 0.3 is 0 Å². The zero-order chi connectivity index (χ0) is 8.39. The van der Waals surface area contributed by atoms with Gasteiger partial charge in [-0.1, -0.05) is 18.2 Å². The van der Waals surface area contributed by atoms with Crippen molar-refractivity contribution in [3.05, 3.63) is 29.8 Å². The summed E-state index contributed by atoms with van der Waals surface area (Å²) in [4.78, 5) is 19.8. The Labute approximate surface area is 69.8 Å². The molecule has 0 fully saturated rings. The molecule has 0 saturated carbocycles. The summed E-state index contributed by atoms with van der Waals surface area (Å²) in [6.07, 6.45) is 1.71. The lowest BCUT2D eigenvalue weighted by atomic mass is 10.1. The van der Waals surface area contributed by atoms with E-state index in [0.717, 1.165) is 5.56 Å². The molecule has 0 spiro atoms. The lowest BCUT2D eigenvalue weighted by Crippen LogP contribution is -2.24. The summed E-state index contributed by atoms with van der Waals surface area (Å²) in [6, 6.07) is 7.46. The molecule has 1 aliphatic heterocycles. The molecule has 3 heteroatoms. The largest absolute Gasteiger partial charge is 0.337 e. The number of para-hydroxylation sites is 1. The number of rotatable bonds is 1. The summed E-state index contributed by atoms with van der Waals surface area (Å²) in [7, 11) is 0. The Kier molecular flexibility index (Phi) is 1.80. The van der Waals surface area contributed by atoms with Gasteiger partial charge in [0.2, 0.25) is 6.29 Å². The van der Waals surface area contributed by atoms with Gasteiger partial charge in [0.15, 0.2) is 11.9 Å². The average molecular weight is 163 g/mol. The van der Waals surface area contributed by atoms with Crippen molar-refractivity contribution in [1.82, 2.24) is 0 Å². The standard InChI is InChI=1S/C9H7O3/c10-6-8-5-7-3-1-2-4-9(7)12-11-8/h1-4,8H,5H2. The van der Waals surface area contributed by atoms with Gasteiger partial charge in [-0.25, -0.2) is 0 Å². The van der Waals surface area contributed by atoms with Crippen molar-refractivity contribution in [2.45, 2.75) is 12.5 Å². The molecule has 0 amide bonds. The number of benzene rings is 1. The zero-order valence-corrected chi connectivity index (χ0v) is 6.32. The number of hydrogen-bond donors (Lipinski definition) is 0.